The lowest BCUT2D eigenvalue weighted by atomic mass is 10.00. The third kappa shape index (κ3) is 4.09. The number of carbonyl (C=O) groups is 1. The normalized spacial score (nSPS) is 14.1. The van der Waals surface area contributed by atoms with Gasteiger partial charge in [-0.15, -0.1) is 5.10 Å². The van der Waals surface area contributed by atoms with Gasteiger partial charge in [0.25, 0.3) is 0 Å². The first kappa shape index (κ1) is 18.3. The number of benzene rings is 1. The number of aryl methyl sites for hydroxylation is 2. The molecule has 1 aliphatic heterocycles. The van der Waals surface area contributed by atoms with Gasteiger partial charge < -0.3 is 5.32 Å². The molecule has 0 saturated heterocycles. The Labute approximate surface area is 163 Å². The van der Waals surface area contributed by atoms with Crippen LogP contribution in [-0.2, 0) is 44.4 Å². The molecule has 0 bridgehead atoms. The summed E-state index contributed by atoms with van der Waals surface area (Å²) < 4.78 is 3.32. The average molecular weight is 380 g/mol. The maximum absolute atomic E-state index is 12.3. The van der Waals surface area contributed by atoms with Crippen LogP contribution in [-0.4, -0.2) is 47.3 Å². The fourth-order valence-corrected chi connectivity index (χ4v) is 3.56. The van der Waals surface area contributed by atoms with Crippen molar-refractivity contribution in [3.63, 3.8) is 0 Å². The number of carbonyl (C=O) groups excluding carboxylic acids is 1. The number of nitrogens with one attached hydrogen (secondary N) is 1. The van der Waals surface area contributed by atoms with Crippen LogP contribution in [0.15, 0.2) is 30.5 Å². The molecule has 1 aromatic carbocycles. The van der Waals surface area contributed by atoms with Crippen LogP contribution >= 0.6 is 0 Å². The summed E-state index contributed by atoms with van der Waals surface area (Å²) in [5, 5.41) is 19.1. The van der Waals surface area contributed by atoms with Gasteiger partial charge in [0.15, 0.2) is 5.82 Å². The highest BCUT2D eigenvalue weighted by Gasteiger charge is 2.19. The first-order chi connectivity index (χ1) is 13.6. The highest BCUT2D eigenvalue weighted by atomic mass is 16.2. The molecule has 0 radical (unpaired) electrons. The summed E-state index contributed by atoms with van der Waals surface area (Å²) in [6.45, 7) is 4.92. The molecular weight excluding hydrogens is 356 g/mol. The molecule has 0 spiro atoms. The molecule has 0 aliphatic carbocycles. The molecule has 0 saturated carbocycles. The lowest BCUT2D eigenvalue weighted by Gasteiger charge is -2.28. The highest BCUT2D eigenvalue weighted by molar-refractivity contribution is 5.75. The molecule has 1 aliphatic rings. The molecule has 9 nitrogen and oxygen atoms in total. The number of nitrogens with zero attached hydrogens (tertiary/aromatic N) is 7. The van der Waals surface area contributed by atoms with E-state index in [-0.39, 0.29) is 12.5 Å². The summed E-state index contributed by atoms with van der Waals surface area (Å²) >= 11 is 0. The number of hydrogen-bond donors (Lipinski definition) is 1. The van der Waals surface area contributed by atoms with Gasteiger partial charge in [0, 0.05) is 38.4 Å². The molecule has 146 valence electrons. The lowest BCUT2D eigenvalue weighted by molar-refractivity contribution is -0.122. The van der Waals surface area contributed by atoms with E-state index in [0.29, 0.717) is 18.9 Å². The van der Waals surface area contributed by atoms with E-state index in [1.165, 1.54) is 11.1 Å². The first-order valence-corrected chi connectivity index (χ1v) is 9.38. The number of rotatable bonds is 6. The van der Waals surface area contributed by atoms with Crippen molar-refractivity contribution in [1.82, 2.24) is 40.2 Å². The summed E-state index contributed by atoms with van der Waals surface area (Å²) in [5.74, 6) is 0.577. The zero-order valence-electron chi connectivity index (χ0n) is 16.2. The van der Waals surface area contributed by atoms with Crippen molar-refractivity contribution in [3.8, 4) is 0 Å². The van der Waals surface area contributed by atoms with Gasteiger partial charge in [0.2, 0.25) is 5.91 Å². The summed E-state index contributed by atoms with van der Waals surface area (Å²) in [7, 11) is 1.87. The van der Waals surface area contributed by atoms with E-state index >= 15 is 0 Å². The molecule has 0 unspecified atom stereocenters. The molecular formula is C19H24N8O. The summed E-state index contributed by atoms with van der Waals surface area (Å²) in [6, 6.07) is 8.50. The molecule has 2 aromatic heterocycles. The minimum Gasteiger partial charge on any atom is -0.350 e. The summed E-state index contributed by atoms with van der Waals surface area (Å²) in [4.78, 5) is 14.6. The van der Waals surface area contributed by atoms with Gasteiger partial charge in [-0.25, -0.2) is 4.68 Å². The number of aromatic nitrogens is 6. The van der Waals surface area contributed by atoms with Gasteiger partial charge in [-0.3, -0.25) is 14.4 Å². The Morgan fingerprint density at radius 1 is 1.25 bits per heavy atom. The van der Waals surface area contributed by atoms with Gasteiger partial charge in [-0.2, -0.15) is 5.10 Å². The van der Waals surface area contributed by atoms with Crippen LogP contribution in [0, 0.1) is 6.92 Å². The minimum absolute atomic E-state index is 0.103. The summed E-state index contributed by atoms with van der Waals surface area (Å²) in [6.07, 6.45) is 2.93. The molecule has 4 rings (SSSR count). The van der Waals surface area contributed by atoms with Crippen LogP contribution < -0.4 is 5.32 Å². The number of hydrogen-bond acceptors (Lipinski definition) is 6. The van der Waals surface area contributed by atoms with Gasteiger partial charge >= 0.3 is 0 Å². The maximum Gasteiger partial charge on any atom is 0.242 e. The third-order valence-corrected chi connectivity index (χ3v) is 5.07. The van der Waals surface area contributed by atoms with Crippen molar-refractivity contribution >= 4 is 5.91 Å². The Morgan fingerprint density at radius 2 is 2.07 bits per heavy atom. The van der Waals surface area contributed by atoms with Crippen LogP contribution in [0.5, 0.6) is 0 Å². The molecule has 0 fully saturated rings. The van der Waals surface area contributed by atoms with Gasteiger partial charge in [-0.05, 0) is 34.9 Å². The Bertz CT molecular complexity index is 976. The van der Waals surface area contributed by atoms with Crippen LogP contribution in [0.25, 0.3) is 0 Å². The molecule has 3 aromatic rings. The van der Waals surface area contributed by atoms with Crippen molar-refractivity contribution in [2.45, 2.75) is 39.5 Å². The Hall–Kier alpha value is -3.07. The van der Waals surface area contributed by atoms with E-state index in [2.05, 4.69) is 55.1 Å². The predicted octanol–water partition coefficient (Wildman–Crippen LogP) is 0.590. The zero-order chi connectivity index (χ0) is 19.5. The average Bonchev–Trinajstić information content (AvgIpc) is 3.25. The topological polar surface area (TPSA) is 93.8 Å². The smallest absolute Gasteiger partial charge is 0.242 e. The minimum atomic E-state index is -0.124. The predicted molar refractivity (Wildman–Crippen MR) is 102 cm³/mol. The van der Waals surface area contributed by atoms with Crippen molar-refractivity contribution in [2.24, 2.45) is 7.05 Å². The van der Waals surface area contributed by atoms with Crippen LogP contribution in [0.4, 0.5) is 0 Å². The molecule has 3 heterocycles. The van der Waals surface area contributed by atoms with Gasteiger partial charge in [0.1, 0.15) is 6.54 Å². The van der Waals surface area contributed by atoms with Crippen LogP contribution in [0.1, 0.15) is 28.2 Å². The first-order valence-electron chi connectivity index (χ1n) is 9.38. The monoisotopic (exact) mass is 380 g/mol. The van der Waals surface area contributed by atoms with E-state index in [1.54, 1.807) is 9.36 Å². The number of fused-ring (bicyclic) bond motifs is 1. The second-order valence-electron chi connectivity index (χ2n) is 7.17. The van der Waals surface area contributed by atoms with Crippen molar-refractivity contribution in [2.75, 3.05) is 6.54 Å². The number of tetrazole rings is 1. The highest BCUT2D eigenvalue weighted by Crippen LogP contribution is 2.19. The van der Waals surface area contributed by atoms with Gasteiger partial charge in [-0.1, -0.05) is 24.3 Å². The van der Waals surface area contributed by atoms with Crippen LogP contribution in [0.2, 0.25) is 0 Å². The van der Waals surface area contributed by atoms with E-state index < -0.39 is 0 Å². The van der Waals surface area contributed by atoms with Crippen molar-refractivity contribution in [1.29, 1.82) is 0 Å². The standard InChI is InChI=1S/C19H24N8O/c1-14-17(10-25(2)22-14)9-20-19(28)13-27-18(21-23-24-27)12-26-8-7-15-5-3-4-6-16(15)11-26/h3-6,10H,7-9,11-13H2,1-2H3,(H,20,28). The Morgan fingerprint density at radius 3 is 2.86 bits per heavy atom. The Kier molecular flexibility index (Phi) is 5.16. The molecule has 0 atom stereocenters. The van der Waals surface area contributed by atoms with Crippen LogP contribution in [0.3, 0.4) is 0 Å². The van der Waals surface area contributed by atoms with Crippen molar-refractivity contribution in [3.05, 3.63) is 58.7 Å². The largest absolute Gasteiger partial charge is 0.350 e. The second-order valence-corrected chi connectivity index (χ2v) is 7.17. The second kappa shape index (κ2) is 7.89. The molecule has 9 heteroatoms. The maximum atomic E-state index is 12.3. The van der Waals surface area contributed by atoms with Gasteiger partial charge in [0.05, 0.1) is 12.2 Å². The fraction of sp³-hybridized carbons (Fsp3) is 0.421. The fourth-order valence-electron chi connectivity index (χ4n) is 3.56. The van der Waals surface area contributed by atoms with E-state index in [4.69, 9.17) is 0 Å². The van der Waals surface area contributed by atoms with E-state index in [1.807, 2.05) is 20.2 Å². The Balaban J connectivity index is 1.34. The molecule has 28 heavy (non-hydrogen) atoms. The third-order valence-electron chi connectivity index (χ3n) is 5.07. The lowest BCUT2D eigenvalue weighted by Crippen LogP contribution is -2.33. The zero-order valence-corrected chi connectivity index (χ0v) is 16.2. The molecule has 1 amide bonds. The van der Waals surface area contributed by atoms with E-state index in [9.17, 15) is 4.79 Å². The summed E-state index contributed by atoms with van der Waals surface area (Å²) in [5.41, 5.74) is 4.66. The molecule has 1 N–H and O–H groups in total. The van der Waals surface area contributed by atoms with E-state index in [0.717, 1.165) is 30.8 Å². The quantitative estimate of drug-likeness (QED) is 0.673. The van der Waals surface area contributed by atoms with Crippen molar-refractivity contribution < 1.29 is 4.79 Å². The SMILES string of the molecule is Cc1nn(C)cc1CNC(=O)Cn1nnnc1CN1CCc2ccccc2C1. The number of amides is 1.